The number of esters is 1. The first-order valence-corrected chi connectivity index (χ1v) is 9.35. The van der Waals surface area contributed by atoms with Crippen LogP contribution in [0.5, 0.6) is 5.75 Å². The molecule has 1 amide bonds. The van der Waals surface area contributed by atoms with Crippen molar-refractivity contribution < 1.29 is 19.1 Å². The Kier molecular flexibility index (Phi) is 8.92. The number of carbonyl (C=O) groups is 2. The molecule has 0 unspecified atom stereocenters. The van der Waals surface area contributed by atoms with Crippen LogP contribution in [0.1, 0.15) is 26.3 Å². The van der Waals surface area contributed by atoms with Gasteiger partial charge in [0.1, 0.15) is 17.4 Å². The first kappa shape index (κ1) is 21.4. The minimum Gasteiger partial charge on any atom is -0.480 e. The zero-order valence-electron chi connectivity index (χ0n) is 14.1. The number of benzene rings is 1. The minimum atomic E-state index is -0.453. The van der Waals surface area contributed by atoms with Crippen molar-refractivity contribution in [2.75, 3.05) is 13.2 Å². The summed E-state index contributed by atoms with van der Waals surface area (Å²) in [5.74, 6) is -0.381. The summed E-state index contributed by atoms with van der Waals surface area (Å²) < 4.78 is 11.6. The molecule has 0 heterocycles. The lowest BCUT2D eigenvalue weighted by atomic mass is 10.1. The molecule has 0 aromatic heterocycles. The molecule has 0 fully saturated rings. The van der Waals surface area contributed by atoms with E-state index in [9.17, 15) is 14.9 Å². The molecule has 8 heteroatoms. The number of hydrogen-bond donors (Lipinski definition) is 1. The predicted molar refractivity (Wildman–Crippen MR) is 106 cm³/mol. The van der Waals surface area contributed by atoms with E-state index < -0.39 is 11.9 Å². The molecule has 1 aromatic rings. The highest BCUT2D eigenvalue weighted by Crippen LogP contribution is 2.32. The van der Waals surface area contributed by atoms with Gasteiger partial charge in [-0.2, -0.15) is 5.26 Å². The van der Waals surface area contributed by atoms with Crippen LogP contribution in [0.2, 0.25) is 0 Å². The van der Waals surface area contributed by atoms with E-state index in [1.165, 1.54) is 6.08 Å². The molecule has 0 saturated carbocycles. The number of nitrogens with zero attached hydrogens (tertiary/aromatic N) is 1. The number of rotatable bonds is 7. The summed E-state index contributed by atoms with van der Waals surface area (Å²) in [7, 11) is 0. The third-order valence-electron chi connectivity index (χ3n) is 2.76. The largest absolute Gasteiger partial charge is 0.480 e. The molecule has 0 bridgehead atoms. The first-order valence-electron chi connectivity index (χ1n) is 7.48. The van der Waals surface area contributed by atoms with Crippen molar-refractivity contribution in [1.82, 2.24) is 5.32 Å². The van der Waals surface area contributed by atoms with Gasteiger partial charge in [-0.15, -0.1) is 0 Å². The number of amides is 1. The van der Waals surface area contributed by atoms with E-state index in [0.29, 0.717) is 22.4 Å². The highest BCUT2D eigenvalue weighted by atomic mass is 127. The standard InChI is InChI=1S/C17H18BrIN2O4/c1-4-24-15(22)9-25-16-13(18)6-11(7-14(16)19)5-12(8-20)17(23)21-10(2)3/h5-7,10H,4,9H2,1-3H3,(H,21,23)/b12-5-. The van der Waals surface area contributed by atoms with E-state index in [0.717, 1.165) is 3.57 Å². The van der Waals surface area contributed by atoms with Crippen LogP contribution in [0.25, 0.3) is 6.08 Å². The summed E-state index contributed by atoms with van der Waals surface area (Å²) in [5, 5.41) is 11.9. The first-order chi connectivity index (χ1) is 11.8. The maximum Gasteiger partial charge on any atom is 0.344 e. The summed E-state index contributed by atoms with van der Waals surface area (Å²) in [6.45, 7) is 5.46. The van der Waals surface area contributed by atoms with Crippen molar-refractivity contribution in [3.63, 3.8) is 0 Å². The summed E-state index contributed by atoms with van der Waals surface area (Å²) in [5.41, 5.74) is 0.673. The van der Waals surface area contributed by atoms with Gasteiger partial charge in [-0.1, -0.05) is 0 Å². The topological polar surface area (TPSA) is 88.4 Å². The fourth-order valence-electron chi connectivity index (χ4n) is 1.79. The van der Waals surface area contributed by atoms with Crippen molar-refractivity contribution in [2.24, 2.45) is 0 Å². The lowest BCUT2D eigenvalue weighted by Gasteiger charge is -2.11. The van der Waals surface area contributed by atoms with Crippen LogP contribution < -0.4 is 10.1 Å². The van der Waals surface area contributed by atoms with Gasteiger partial charge in [0.2, 0.25) is 0 Å². The van der Waals surface area contributed by atoms with Crippen LogP contribution >= 0.6 is 38.5 Å². The molecule has 0 atom stereocenters. The zero-order chi connectivity index (χ0) is 19.0. The Hall–Kier alpha value is -1.60. The van der Waals surface area contributed by atoms with Crippen LogP contribution in [-0.2, 0) is 14.3 Å². The van der Waals surface area contributed by atoms with Gasteiger partial charge < -0.3 is 14.8 Å². The molecule has 6 nitrogen and oxygen atoms in total. The maximum atomic E-state index is 12.0. The van der Waals surface area contributed by atoms with E-state index in [2.05, 4.69) is 43.8 Å². The number of nitriles is 1. The molecule has 0 aliphatic heterocycles. The van der Waals surface area contributed by atoms with Crippen molar-refractivity contribution in [3.05, 3.63) is 31.3 Å². The molecule has 25 heavy (non-hydrogen) atoms. The lowest BCUT2D eigenvalue weighted by Crippen LogP contribution is -2.30. The molecule has 0 spiro atoms. The molecule has 134 valence electrons. The van der Waals surface area contributed by atoms with E-state index in [1.807, 2.05) is 19.9 Å². The Morgan fingerprint density at radius 1 is 1.44 bits per heavy atom. The van der Waals surface area contributed by atoms with Gasteiger partial charge >= 0.3 is 5.97 Å². The second kappa shape index (κ2) is 10.4. The number of ether oxygens (including phenoxy) is 2. The SMILES string of the molecule is CCOC(=O)COc1c(Br)cc(/C=C(/C#N)C(=O)NC(C)C)cc1I. The Bertz CT molecular complexity index is 703. The van der Waals surface area contributed by atoms with E-state index >= 15 is 0 Å². The normalized spacial score (nSPS) is 11.0. The maximum absolute atomic E-state index is 12.0. The molecule has 0 radical (unpaired) electrons. The molecular weight excluding hydrogens is 503 g/mol. The molecule has 1 N–H and O–H groups in total. The monoisotopic (exact) mass is 520 g/mol. The van der Waals surface area contributed by atoms with Gasteiger partial charge in [0.25, 0.3) is 5.91 Å². The van der Waals surface area contributed by atoms with E-state index in [4.69, 9.17) is 9.47 Å². The molecule has 1 aromatic carbocycles. The predicted octanol–water partition coefficient (Wildman–Crippen LogP) is 3.43. The van der Waals surface area contributed by atoms with Crippen molar-refractivity contribution >= 4 is 56.5 Å². The molecule has 0 aliphatic carbocycles. The van der Waals surface area contributed by atoms with Gasteiger partial charge in [0.05, 0.1) is 14.6 Å². The fraction of sp³-hybridized carbons (Fsp3) is 0.353. The van der Waals surface area contributed by atoms with E-state index in [-0.39, 0.29) is 18.2 Å². The fourth-order valence-corrected chi connectivity index (χ4v) is 3.56. The number of halogens is 2. The molecule has 0 saturated heterocycles. The van der Waals surface area contributed by atoms with E-state index in [1.54, 1.807) is 19.1 Å². The van der Waals surface area contributed by atoms with Gasteiger partial charge in [0, 0.05) is 6.04 Å². The average Bonchev–Trinajstić information content (AvgIpc) is 2.51. The summed E-state index contributed by atoms with van der Waals surface area (Å²) in [4.78, 5) is 23.4. The smallest absolute Gasteiger partial charge is 0.344 e. The van der Waals surface area contributed by atoms with Crippen molar-refractivity contribution in [3.8, 4) is 11.8 Å². The van der Waals surface area contributed by atoms with Gasteiger partial charge in [-0.05, 0) is 83.1 Å². The summed E-state index contributed by atoms with van der Waals surface area (Å²) >= 11 is 5.44. The third-order valence-corrected chi connectivity index (χ3v) is 4.15. The van der Waals surface area contributed by atoms with Crippen LogP contribution in [0.4, 0.5) is 0 Å². The Labute approximate surface area is 168 Å². The Morgan fingerprint density at radius 3 is 2.64 bits per heavy atom. The highest BCUT2D eigenvalue weighted by molar-refractivity contribution is 14.1. The summed E-state index contributed by atoms with van der Waals surface area (Å²) in [6.07, 6.45) is 1.50. The zero-order valence-corrected chi connectivity index (χ0v) is 17.8. The Balaban J connectivity index is 3.01. The number of nitrogens with one attached hydrogen (secondary N) is 1. The van der Waals surface area contributed by atoms with Gasteiger partial charge in [-0.3, -0.25) is 4.79 Å². The van der Waals surface area contributed by atoms with Gasteiger partial charge in [0.15, 0.2) is 6.61 Å². The van der Waals surface area contributed by atoms with Gasteiger partial charge in [-0.25, -0.2) is 4.79 Å². The minimum absolute atomic E-state index is 0.0107. The van der Waals surface area contributed by atoms with Crippen LogP contribution in [0.15, 0.2) is 22.2 Å². The second-order valence-corrected chi connectivity index (χ2v) is 7.22. The lowest BCUT2D eigenvalue weighted by molar-refractivity contribution is -0.145. The summed E-state index contributed by atoms with van der Waals surface area (Å²) in [6, 6.07) is 5.31. The molecular formula is C17H18BrIN2O4. The highest BCUT2D eigenvalue weighted by Gasteiger charge is 2.14. The van der Waals surface area contributed by atoms with Crippen LogP contribution in [0.3, 0.4) is 0 Å². The quantitative estimate of drug-likeness (QED) is 0.257. The third kappa shape index (κ3) is 7.04. The molecule has 0 aliphatic rings. The second-order valence-electron chi connectivity index (χ2n) is 5.21. The van der Waals surface area contributed by atoms with Crippen LogP contribution in [-0.4, -0.2) is 31.1 Å². The number of carbonyl (C=O) groups excluding carboxylic acids is 2. The number of hydrogen-bond acceptors (Lipinski definition) is 5. The molecule has 1 rings (SSSR count). The van der Waals surface area contributed by atoms with Crippen molar-refractivity contribution in [1.29, 1.82) is 5.26 Å². The average molecular weight is 521 g/mol. The Morgan fingerprint density at radius 2 is 2.12 bits per heavy atom. The van der Waals surface area contributed by atoms with Crippen molar-refractivity contribution in [2.45, 2.75) is 26.8 Å². The van der Waals surface area contributed by atoms with Crippen LogP contribution in [0, 0.1) is 14.9 Å².